The Hall–Kier alpha value is -0.0900. The van der Waals surface area contributed by atoms with Gasteiger partial charge in [0.15, 0.2) is 0 Å². The van der Waals surface area contributed by atoms with Crippen LogP contribution in [-0.2, 0) is 6.54 Å². The summed E-state index contributed by atoms with van der Waals surface area (Å²) in [6.45, 7) is 6.90. The number of halogens is 1. The Kier molecular flexibility index (Phi) is 5.70. The smallest absolute Gasteiger partial charge is 0.0931 e. The lowest BCUT2D eigenvalue weighted by molar-refractivity contribution is 0.113. The van der Waals surface area contributed by atoms with Gasteiger partial charge in [0.1, 0.15) is 0 Å². The van der Waals surface area contributed by atoms with Crippen LogP contribution in [0.1, 0.15) is 37.5 Å². The van der Waals surface area contributed by atoms with E-state index in [9.17, 15) is 0 Å². The fraction of sp³-hybridized carbons (Fsp3) is 0.733. The normalized spacial score (nSPS) is 18.9. The SMILES string of the molecule is CCCC1(CN(C)Cc2ccc(Cl)s2)CCNCC1. The zero-order valence-electron chi connectivity index (χ0n) is 12.0. The highest BCUT2D eigenvalue weighted by atomic mass is 35.5. The van der Waals surface area contributed by atoms with Crippen molar-refractivity contribution >= 4 is 22.9 Å². The first-order valence-electron chi connectivity index (χ1n) is 7.27. The van der Waals surface area contributed by atoms with Gasteiger partial charge in [0.25, 0.3) is 0 Å². The highest BCUT2D eigenvalue weighted by Gasteiger charge is 2.32. The average molecular weight is 301 g/mol. The molecule has 19 heavy (non-hydrogen) atoms. The Labute approximate surface area is 126 Å². The van der Waals surface area contributed by atoms with Crippen molar-refractivity contribution in [3.8, 4) is 0 Å². The second-order valence-electron chi connectivity index (χ2n) is 5.88. The van der Waals surface area contributed by atoms with Crippen LogP contribution in [0.3, 0.4) is 0 Å². The third kappa shape index (κ3) is 4.45. The van der Waals surface area contributed by atoms with Gasteiger partial charge in [-0.3, -0.25) is 0 Å². The second-order valence-corrected chi connectivity index (χ2v) is 7.68. The Bertz CT molecular complexity index is 380. The van der Waals surface area contributed by atoms with E-state index in [2.05, 4.69) is 30.3 Å². The van der Waals surface area contributed by atoms with Crippen molar-refractivity contribution in [2.24, 2.45) is 5.41 Å². The van der Waals surface area contributed by atoms with E-state index in [1.807, 2.05) is 6.07 Å². The van der Waals surface area contributed by atoms with Crippen LogP contribution in [0.4, 0.5) is 0 Å². The predicted octanol–water partition coefficient (Wildman–Crippen LogP) is 4.00. The Morgan fingerprint density at radius 1 is 1.37 bits per heavy atom. The van der Waals surface area contributed by atoms with Gasteiger partial charge in [-0.2, -0.15) is 0 Å². The molecule has 108 valence electrons. The molecular formula is C15H25ClN2S. The van der Waals surface area contributed by atoms with Crippen molar-refractivity contribution in [3.63, 3.8) is 0 Å². The van der Waals surface area contributed by atoms with E-state index in [-0.39, 0.29) is 0 Å². The lowest BCUT2D eigenvalue weighted by Crippen LogP contribution is -2.43. The van der Waals surface area contributed by atoms with Gasteiger partial charge in [-0.05, 0) is 56.9 Å². The summed E-state index contributed by atoms with van der Waals surface area (Å²) < 4.78 is 0.897. The van der Waals surface area contributed by atoms with Crippen LogP contribution in [0.25, 0.3) is 0 Å². The monoisotopic (exact) mass is 300 g/mol. The summed E-state index contributed by atoms with van der Waals surface area (Å²) in [6.07, 6.45) is 5.27. The van der Waals surface area contributed by atoms with Crippen LogP contribution in [0.15, 0.2) is 12.1 Å². The highest BCUT2D eigenvalue weighted by Crippen LogP contribution is 2.35. The fourth-order valence-electron chi connectivity index (χ4n) is 3.31. The van der Waals surface area contributed by atoms with Gasteiger partial charge in [0, 0.05) is 18.0 Å². The van der Waals surface area contributed by atoms with Crippen molar-refractivity contribution in [2.45, 2.75) is 39.2 Å². The number of nitrogens with one attached hydrogen (secondary N) is 1. The first-order valence-corrected chi connectivity index (χ1v) is 8.46. The van der Waals surface area contributed by atoms with Gasteiger partial charge in [0.05, 0.1) is 4.34 Å². The summed E-state index contributed by atoms with van der Waals surface area (Å²) in [4.78, 5) is 3.84. The maximum atomic E-state index is 6.00. The van der Waals surface area contributed by atoms with Crippen LogP contribution in [-0.4, -0.2) is 31.6 Å². The Morgan fingerprint density at radius 2 is 2.11 bits per heavy atom. The number of thiophene rings is 1. The maximum absolute atomic E-state index is 6.00. The van der Waals surface area contributed by atoms with E-state index in [1.165, 1.54) is 50.2 Å². The topological polar surface area (TPSA) is 15.3 Å². The largest absolute Gasteiger partial charge is 0.317 e. The molecule has 0 saturated carbocycles. The van der Waals surface area contributed by atoms with Crippen molar-refractivity contribution in [2.75, 3.05) is 26.7 Å². The van der Waals surface area contributed by atoms with Gasteiger partial charge in [-0.15, -0.1) is 11.3 Å². The van der Waals surface area contributed by atoms with Gasteiger partial charge >= 0.3 is 0 Å². The summed E-state index contributed by atoms with van der Waals surface area (Å²) in [7, 11) is 2.24. The van der Waals surface area contributed by atoms with Gasteiger partial charge in [-0.25, -0.2) is 0 Å². The molecule has 0 spiro atoms. The minimum atomic E-state index is 0.524. The quantitative estimate of drug-likeness (QED) is 0.854. The molecule has 0 aromatic carbocycles. The summed E-state index contributed by atoms with van der Waals surface area (Å²) >= 11 is 7.71. The number of piperidine rings is 1. The number of hydrogen-bond donors (Lipinski definition) is 1. The molecule has 0 atom stereocenters. The van der Waals surface area contributed by atoms with Crippen LogP contribution >= 0.6 is 22.9 Å². The third-order valence-corrected chi connectivity index (χ3v) is 5.32. The van der Waals surface area contributed by atoms with Crippen LogP contribution in [0, 0.1) is 5.41 Å². The first-order chi connectivity index (χ1) is 9.13. The molecule has 0 aliphatic carbocycles. The predicted molar refractivity (Wildman–Crippen MR) is 85.1 cm³/mol. The van der Waals surface area contributed by atoms with E-state index in [1.54, 1.807) is 11.3 Å². The van der Waals surface area contributed by atoms with Crippen molar-refractivity contribution < 1.29 is 0 Å². The molecule has 1 N–H and O–H groups in total. The van der Waals surface area contributed by atoms with E-state index in [0.29, 0.717) is 5.41 Å². The van der Waals surface area contributed by atoms with Crippen molar-refractivity contribution in [1.29, 1.82) is 0 Å². The minimum absolute atomic E-state index is 0.524. The molecule has 0 bridgehead atoms. The molecule has 0 radical (unpaired) electrons. The molecule has 2 nitrogen and oxygen atoms in total. The molecule has 4 heteroatoms. The molecule has 1 aromatic rings. The first kappa shape index (κ1) is 15.3. The lowest BCUT2D eigenvalue weighted by Gasteiger charge is -2.40. The summed E-state index contributed by atoms with van der Waals surface area (Å²) in [6, 6.07) is 4.15. The second kappa shape index (κ2) is 7.07. The van der Waals surface area contributed by atoms with Crippen molar-refractivity contribution in [3.05, 3.63) is 21.3 Å². The van der Waals surface area contributed by atoms with Gasteiger partial charge in [0.2, 0.25) is 0 Å². The van der Waals surface area contributed by atoms with E-state index < -0.39 is 0 Å². The van der Waals surface area contributed by atoms with Crippen LogP contribution in [0.5, 0.6) is 0 Å². The molecular weight excluding hydrogens is 276 g/mol. The minimum Gasteiger partial charge on any atom is -0.317 e. The molecule has 1 saturated heterocycles. The maximum Gasteiger partial charge on any atom is 0.0931 e. The summed E-state index contributed by atoms with van der Waals surface area (Å²) in [5.74, 6) is 0. The Balaban J connectivity index is 1.92. The summed E-state index contributed by atoms with van der Waals surface area (Å²) in [5.41, 5.74) is 0.524. The molecule has 2 rings (SSSR count). The zero-order chi connectivity index (χ0) is 13.7. The number of rotatable bonds is 6. The van der Waals surface area contributed by atoms with E-state index >= 15 is 0 Å². The Morgan fingerprint density at radius 3 is 2.68 bits per heavy atom. The highest BCUT2D eigenvalue weighted by molar-refractivity contribution is 7.16. The average Bonchev–Trinajstić information content (AvgIpc) is 2.75. The van der Waals surface area contributed by atoms with E-state index in [0.717, 1.165) is 10.9 Å². The molecule has 1 fully saturated rings. The van der Waals surface area contributed by atoms with E-state index in [4.69, 9.17) is 11.6 Å². The van der Waals surface area contributed by atoms with Gasteiger partial charge in [-0.1, -0.05) is 24.9 Å². The van der Waals surface area contributed by atoms with Gasteiger partial charge < -0.3 is 10.2 Å². The summed E-state index contributed by atoms with van der Waals surface area (Å²) in [5, 5.41) is 3.49. The number of hydrogen-bond acceptors (Lipinski definition) is 3. The molecule has 2 heterocycles. The fourth-order valence-corrected chi connectivity index (χ4v) is 4.47. The van der Waals surface area contributed by atoms with Crippen LogP contribution in [0.2, 0.25) is 4.34 Å². The molecule has 0 amide bonds. The standard InChI is InChI=1S/C15H25ClN2S/c1-3-6-15(7-9-17-10-8-15)12-18(2)11-13-4-5-14(16)19-13/h4-5,17H,3,6-12H2,1-2H3. The van der Waals surface area contributed by atoms with Crippen molar-refractivity contribution in [1.82, 2.24) is 10.2 Å². The number of nitrogens with zero attached hydrogens (tertiary/aromatic N) is 1. The molecule has 1 aromatic heterocycles. The third-order valence-electron chi connectivity index (χ3n) is 4.10. The zero-order valence-corrected chi connectivity index (χ0v) is 13.6. The lowest BCUT2D eigenvalue weighted by atomic mass is 9.75. The molecule has 1 aliphatic heterocycles. The molecule has 0 unspecified atom stereocenters. The molecule has 1 aliphatic rings. The van der Waals surface area contributed by atoms with Crippen LogP contribution < -0.4 is 5.32 Å².